The second kappa shape index (κ2) is 4.87. The van der Waals surface area contributed by atoms with E-state index in [0.717, 1.165) is 28.5 Å². The Kier molecular flexibility index (Phi) is 3.35. The molecule has 104 valence electrons. The Labute approximate surface area is 114 Å². The van der Waals surface area contributed by atoms with Crippen molar-refractivity contribution in [2.24, 2.45) is 11.8 Å². The van der Waals surface area contributed by atoms with Gasteiger partial charge in [-0.2, -0.15) is 0 Å². The number of hydrogen-bond acceptors (Lipinski definition) is 4. The van der Waals surface area contributed by atoms with Gasteiger partial charge >= 0.3 is 0 Å². The molecule has 0 radical (unpaired) electrons. The summed E-state index contributed by atoms with van der Waals surface area (Å²) in [5.41, 5.74) is 3.53. The van der Waals surface area contributed by atoms with Crippen LogP contribution in [0.2, 0.25) is 0 Å². The first-order chi connectivity index (χ1) is 9.04. The van der Waals surface area contributed by atoms with E-state index in [1.54, 1.807) is 0 Å². The molecule has 3 rings (SSSR count). The van der Waals surface area contributed by atoms with Crippen LogP contribution in [0.1, 0.15) is 36.7 Å². The second-order valence-electron chi connectivity index (χ2n) is 6.22. The molecule has 0 spiro atoms. The van der Waals surface area contributed by atoms with E-state index in [0.29, 0.717) is 19.0 Å². The molecule has 0 saturated carbocycles. The largest absolute Gasteiger partial charge is 0.784 e. The zero-order chi connectivity index (χ0) is 13.6. The molecule has 0 N–H and O–H groups in total. The Hall–Kier alpha value is -0.940. The molecule has 1 heterocycles. The van der Waals surface area contributed by atoms with Gasteiger partial charge in [0, 0.05) is 0 Å². The third kappa shape index (κ3) is 2.41. The summed E-state index contributed by atoms with van der Waals surface area (Å²) in [6.45, 7) is 5.06. The van der Waals surface area contributed by atoms with Crippen molar-refractivity contribution < 1.29 is 0 Å². The van der Waals surface area contributed by atoms with Gasteiger partial charge in [0.25, 0.3) is 0 Å². The van der Waals surface area contributed by atoms with E-state index in [1.807, 2.05) is 13.0 Å². The lowest BCUT2D eigenvalue weighted by Gasteiger charge is -2.54. The summed E-state index contributed by atoms with van der Waals surface area (Å²) in [7, 11) is 0. The monoisotopic (exact) mass is 260 g/mol. The van der Waals surface area contributed by atoms with Gasteiger partial charge in [-0.15, -0.1) is 0 Å². The lowest BCUT2D eigenvalue weighted by molar-refractivity contribution is 0.0453. The number of rotatable bonds is 1. The first-order valence-corrected chi connectivity index (χ1v) is 7.04. The van der Waals surface area contributed by atoms with Gasteiger partial charge in [0.15, 0.2) is 0 Å². The van der Waals surface area contributed by atoms with Crippen molar-refractivity contribution in [3.05, 3.63) is 45.3 Å². The predicted octanol–water partition coefficient (Wildman–Crippen LogP) is 2.67. The van der Waals surface area contributed by atoms with Gasteiger partial charge in [-0.05, 0) is 54.5 Å². The molecule has 1 aliphatic carbocycles. The molecule has 0 amide bonds. The van der Waals surface area contributed by atoms with Gasteiger partial charge in [-0.3, -0.25) is 0 Å². The van der Waals surface area contributed by atoms with E-state index in [9.17, 15) is 10.4 Å². The van der Waals surface area contributed by atoms with E-state index in [-0.39, 0.29) is 5.92 Å². The Morgan fingerprint density at radius 1 is 0.947 bits per heavy atom. The number of hydroxylamine groups is 4. The Morgan fingerprint density at radius 2 is 1.58 bits per heavy atom. The van der Waals surface area contributed by atoms with Crippen molar-refractivity contribution in [2.75, 3.05) is 13.1 Å². The van der Waals surface area contributed by atoms with Crippen molar-refractivity contribution in [3.8, 4) is 0 Å². The number of fused-ring (bicyclic) bond motifs is 1. The van der Waals surface area contributed by atoms with Gasteiger partial charge in [0.2, 0.25) is 0 Å². The molecule has 1 atom stereocenters. The summed E-state index contributed by atoms with van der Waals surface area (Å²) in [5.74, 6) is 0.809. The first-order valence-electron chi connectivity index (χ1n) is 7.04. The Balaban J connectivity index is 1.88. The van der Waals surface area contributed by atoms with Crippen LogP contribution in [0.25, 0.3) is 0 Å². The summed E-state index contributed by atoms with van der Waals surface area (Å²) in [5, 5.41) is 26.0. The van der Waals surface area contributed by atoms with E-state index in [2.05, 4.69) is 19.1 Å². The van der Waals surface area contributed by atoms with Crippen LogP contribution >= 0.6 is 0 Å². The maximum absolute atomic E-state index is 12.1. The fraction of sp³-hybridized carbons (Fsp3) is 0.600. The standard InChI is InChI=1S/C15H20N2O2/c1-10-5-12-3-4-13(7-14(12)6-10)15-16(18)8-11(2)9-17(15)19/h3-4,7,10-11,15H,5-6,8-9H2,1-2H3/q-2. The van der Waals surface area contributed by atoms with Crippen LogP contribution in [0.4, 0.5) is 0 Å². The van der Waals surface area contributed by atoms with E-state index in [1.165, 1.54) is 11.1 Å². The SMILES string of the molecule is CC1Cc2ccc(C3N([O-])CC(C)CN3[O-])cc2C1. The second-order valence-corrected chi connectivity index (χ2v) is 6.22. The van der Waals surface area contributed by atoms with Gasteiger partial charge in [-0.25, -0.2) is 0 Å². The highest BCUT2D eigenvalue weighted by Gasteiger charge is 2.25. The minimum Gasteiger partial charge on any atom is -0.784 e. The summed E-state index contributed by atoms with van der Waals surface area (Å²) in [4.78, 5) is 0. The first kappa shape index (κ1) is 13.1. The third-order valence-electron chi connectivity index (χ3n) is 4.19. The predicted molar refractivity (Wildman–Crippen MR) is 75.1 cm³/mol. The van der Waals surface area contributed by atoms with Gasteiger partial charge in [-0.1, -0.05) is 32.0 Å². The van der Waals surface area contributed by atoms with Crippen LogP contribution in [-0.4, -0.2) is 23.2 Å². The molecule has 4 heteroatoms. The van der Waals surface area contributed by atoms with Crippen molar-refractivity contribution in [3.63, 3.8) is 0 Å². The Morgan fingerprint density at radius 3 is 2.26 bits per heavy atom. The average Bonchev–Trinajstić information content (AvgIpc) is 2.67. The molecule has 1 aliphatic heterocycles. The molecule has 19 heavy (non-hydrogen) atoms. The lowest BCUT2D eigenvalue weighted by atomic mass is 10.0. The number of hydrogen-bond donors (Lipinski definition) is 0. The van der Waals surface area contributed by atoms with Gasteiger partial charge in [0.05, 0.1) is 6.17 Å². The fourth-order valence-corrected chi connectivity index (χ4v) is 3.37. The van der Waals surface area contributed by atoms with Crippen LogP contribution in [0, 0.1) is 22.3 Å². The molecule has 1 aromatic carbocycles. The molecular weight excluding hydrogens is 240 g/mol. The summed E-state index contributed by atoms with van der Waals surface area (Å²) >= 11 is 0. The van der Waals surface area contributed by atoms with Crippen molar-refractivity contribution in [2.45, 2.75) is 32.9 Å². The molecule has 0 aromatic heterocycles. The van der Waals surface area contributed by atoms with Crippen molar-refractivity contribution in [1.29, 1.82) is 0 Å². The van der Waals surface area contributed by atoms with E-state index >= 15 is 0 Å². The quantitative estimate of drug-likeness (QED) is 0.779. The van der Waals surface area contributed by atoms with E-state index in [4.69, 9.17) is 0 Å². The minimum absolute atomic E-state index is 0.140. The van der Waals surface area contributed by atoms with E-state index < -0.39 is 6.17 Å². The molecule has 2 aliphatic rings. The molecular formula is C15H20N2O2-2. The lowest BCUT2D eigenvalue weighted by Crippen LogP contribution is -2.46. The summed E-state index contributed by atoms with van der Waals surface area (Å²) < 4.78 is 0. The van der Waals surface area contributed by atoms with Gasteiger partial charge < -0.3 is 20.5 Å². The number of nitrogens with zero attached hydrogens (tertiary/aromatic N) is 2. The third-order valence-corrected chi connectivity index (χ3v) is 4.19. The highest BCUT2D eigenvalue weighted by atomic mass is 16.5. The molecule has 1 aromatic rings. The van der Waals surface area contributed by atoms with Crippen molar-refractivity contribution in [1.82, 2.24) is 10.1 Å². The van der Waals surface area contributed by atoms with Crippen LogP contribution in [0.3, 0.4) is 0 Å². The fourth-order valence-electron chi connectivity index (χ4n) is 3.37. The van der Waals surface area contributed by atoms with Gasteiger partial charge in [0.1, 0.15) is 0 Å². The topological polar surface area (TPSA) is 52.6 Å². The van der Waals surface area contributed by atoms with Crippen LogP contribution in [0.15, 0.2) is 18.2 Å². The summed E-state index contributed by atoms with van der Waals surface area (Å²) in [6, 6.07) is 6.11. The number of benzene rings is 1. The van der Waals surface area contributed by atoms with Crippen LogP contribution in [-0.2, 0) is 12.8 Å². The zero-order valence-corrected chi connectivity index (χ0v) is 11.5. The summed E-state index contributed by atoms with van der Waals surface area (Å²) in [6.07, 6.45) is 1.51. The van der Waals surface area contributed by atoms with Crippen molar-refractivity contribution >= 4 is 0 Å². The normalized spacial score (nSPS) is 32.5. The minimum atomic E-state index is -0.655. The Bertz CT molecular complexity index is 465. The van der Waals surface area contributed by atoms with Crippen LogP contribution < -0.4 is 0 Å². The highest BCUT2D eigenvalue weighted by Crippen LogP contribution is 2.33. The van der Waals surface area contributed by atoms with Crippen LogP contribution in [0.5, 0.6) is 0 Å². The molecule has 0 bridgehead atoms. The molecule has 1 unspecified atom stereocenters. The molecule has 1 saturated heterocycles. The molecule has 4 nitrogen and oxygen atoms in total. The maximum atomic E-state index is 12.1. The average molecular weight is 260 g/mol. The zero-order valence-electron chi connectivity index (χ0n) is 11.5. The molecule has 1 fully saturated rings. The highest BCUT2D eigenvalue weighted by molar-refractivity contribution is 5.37. The smallest absolute Gasteiger partial charge is 0.0656 e. The maximum Gasteiger partial charge on any atom is 0.0656 e.